The van der Waals surface area contributed by atoms with E-state index in [0.717, 1.165) is 10.4 Å². The van der Waals surface area contributed by atoms with Gasteiger partial charge in [-0.05, 0) is 23.1 Å². The number of hydrogen-bond donors (Lipinski definition) is 1. The van der Waals surface area contributed by atoms with Gasteiger partial charge in [-0.1, -0.05) is 12.1 Å². The predicted octanol–water partition coefficient (Wildman–Crippen LogP) is 1.35. The Hall–Kier alpha value is -2.51. The summed E-state index contributed by atoms with van der Waals surface area (Å²) in [6, 6.07) is 7.27. The maximum Gasteiger partial charge on any atom is 0.278 e. The van der Waals surface area contributed by atoms with Gasteiger partial charge in [0.05, 0.1) is 18.7 Å². The zero-order valence-electron chi connectivity index (χ0n) is 13.2. The molecule has 0 saturated carbocycles. The van der Waals surface area contributed by atoms with Crippen molar-refractivity contribution in [3.8, 4) is 0 Å². The van der Waals surface area contributed by atoms with Gasteiger partial charge in [-0.15, -0.1) is 11.3 Å². The number of carbonyl (C=O) groups excluding carboxylic acids is 2. The first kappa shape index (κ1) is 16.4. The van der Waals surface area contributed by atoms with Crippen LogP contribution < -0.4 is 0 Å². The lowest BCUT2D eigenvalue weighted by atomic mass is 10.2. The quantitative estimate of drug-likeness (QED) is 0.802. The molecular formula is C17H17N3O3S. The van der Waals surface area contributed by atoms with Crippen LogP contribution >= 0.6 is 11.3 Å². The lowest BCUT2D eigenvalue weighted by molar-refractivity contribution is -0.138. The number of carbonyl (C=O) groups is 2. The summed E-state index contributed by atoms with van der Waals surface area (Å²) < 4.78 is 0. The molecule has 2 amide bonds. The standard InChI is InChI=1S/C17H17N3O3S/c1-19(7-8-21)15-14(13-5-3-9-24-13)16(22)20(17(15)23)11-12-4-2-6-18-10-12/h2-6,9-10,21H,7-8,11H2,1H3. The second-order valence-corrected chi connectivity index (χ2v) is 6.35. The minimum Gasteiger partial charge on any atom is -0.395 e. The van der Waals surface area contributed by atoms with E-state index in [1.54, 1.807) is 30.4 Å². The Kier molecular flexibility index (Phi) is 4.73. The van der Waals surface area contributed by atoms with Gasteiger partial charge >= 0.3 is 0 Å². The monoisotopic (exact) mass is 343 g/mol. The van der Waals surface area contributed by atoms with Crippen molar-refractivity contribution in [1.82, 2.24) is 14.8 Å². The zero-order valence-corrected chi connectivity index (χ0v) is 14.0. The molecule has 0 bridgehead atoms. The molecule has 7 heteroatoms. The molecule has 0 aliphatic carbocycles. The molecule has 2 aromatic heterocycles. The molecule has 0 fully saturated rings. The van der Waals surface area contributed by atoms with Gasteiger partial charge in [0.1, 0.15) is 5.70 Å². The Morgan fingerprint density at radius 2 is 2.08 bits per heavy atom. The summed E-state index contributed by atoms with van der Waals surface area (Å²) in [5.41, 5.74) is 1.52. The van der Waals surface area contributed by atoms with Gasteiger partial charge in [-0.25, -0.2) is 0 Å². The lowest BCUT2D eigenvalue weighted by Crippen LogP contribution is -2.34. The summed E-state index contributed by atoms with van der Waals surface area (Å²) in [7, 11) is 1.71. The molecule has 124 valence electrons. The molecule has 0 atom stereocenters. The van der Waals surface area contributed by atoms with Crippen LogP contribution in [0.5, 0.6) is 0 Å². The highest BCUT2D eigenvalue weighted by Crippen LogP contribution is 2.34. The van der Waals surface area contributed by atoms with Crippen LogP contribution in [0.15, 0.2) is 47.7 Å². The molecule has 0 unspecified atom stereocenters. The van der Waals surface area contributed by atoms with E-state index >= 15 is 0 Å². The van der Waals surface area contributed by atoms with E-state index < -0.39 is 0 Å². The highest BCUT2D eigenvalue weighted by atomic mass is 32.1. The summed E-state index contributed by atoms with van der Waals surface area (Å²) in [6.45, 7) is 0.364. The Labute approximate surface area is 143 Å². The smallest absolute Gasteiger partial charge is 0.278 e. The molecule has 1 aliphatic heterocycles. The molecule has 2 aromatic rings. The fourth-order valence-electron chi connectivity index (χ4n) is 2.64. The topological polar surface area (TPSA) is 73.7 Å². The number of hydrogen-bond acceptors (Lipinski definition) is 6. The Morgan fingerprint density at radius 1 is 1.25 bits per heavy atom. The molecule has 24 heavy (non-hydrogen) atoms. The third-order valence-corrected chi connectivity index (χ3v) is 4.68. The summed E-state index contributed by atoms with van der Waals surface area (Å²) in [5.74, 6) is -0.658. The van der Waals surface area contributed by atoms with Gasteiger partial charge in [0, 0.05) is 30.9 Å². The molecule has 3 heterocycles. The maximum absolute atomic E-state index is 12.9. The van der Waals surface area contributed by atoms with E-state index in [1.807, 2.05) is 23.6 Å². The largest absolute Gasteiger partial charge is 0.395 e. The molecular weight excluding hydrogens is 326 g/mol. The van der Waals surface area contributed by atoms with Gasteiger partial charge in [-0.3, -0.25) is 19.5 Å². The van der Waals surface area contributed by atoms with Crippen molar-refractivity contribution in [2.45, 2.75) is 6.54 Å². The second-order valence-electron chi connectivity index (χ2n) is 5.40. The van der Waals surface area contributed by atoms with Crippen LogP contribution in [-0.2, 0) is 16.1 Å². The first-order chi connectivity index (χ1) is 11.6. The van der Waals surface area contributed by atoms with Crippen LogP contribution in [0.4, 0.5) is 0 Å². The molecule has 1 N–H and O–H groups in total. The van der Waals surface area contributed by atoms with Gasteiger partial charge in [0.2, 0.25) is 0 Å². The Balaban J connectivity index is 1.98. The first-order valence-corrected chi connectivity index (χ1v) is 8.36. The highest BCUT2D eigenvalue weighted by molar-refractivity contribution is 7.11. The zero-order chi connectivity index (χ0) is 17.1. The third-order valence-electron chi connectivity index (χ3n) is 3.79. The van der Waals surface area contributed by atoms with Crippen LogP contribution in [0.1, 0.15) is 10.4 Å². The normalized spacial score (nSPS) is 14.7. The minimum absolute atomic E-state index is 0.0954. The Morgan fingerprint density at radius 3 is 2.71 bits per heavy atom. The number of likely N-dealkylation sites (N-methyl/N-ethyl adjacent to an activating group) is 1. The number of pyridine rings is 1. The van der Waals surface area contributed by atoms with E-state index in [9.17, 15) is 14.7 Å². The average Bonchev–Trinajstić information content (AvgIpc) is 3.18. The van der Waals surface area contributed by atoms with E-state index in [2.05, 4.69) is 4.98 Å². The number of rotatable bonds is 6. The number of aliphatic hydroxyl groups excluding tert-OH is 1. The number of aliphatic hydroxyl groups is 1. The number of amides is 2. The maximum atomic E-state index is 12.9. The SMILES string of the molecule is CN(CCO)C1=C(c2cccs2)C(=O)N(Cc2cccnc2)C1=O. The van der Waals surface area contributed by atoms with Gasteiger partial charge in [0.15, 0.2) is 0 Å². The fraction of sp³-hybridized carbons (Fsp3) is 0.235. The van der Waals surface area contributed by atoms with Crippen molar-refractivity contribution in [3.05, 3.63) is 58.2 Å². The predicted molar refractivity (Wildman–Crippen MR) is 90.7 cm³/mol. The molecule has 3 rings (SSSR count). The number of imide groups is 1. The van der Waals surface area contributed by atoms with E-state index in [0.29, 0.717) is 11.3 Å². The lowest BCUT2D eigenvalue weighted by Gasteiger charge is -2.20. The van der Waals surface area contributed by atoms with E-state index in [-0.39, 0.29) is 31.5 Å². The van der Waals surface area contributed by atoms with Gasteiger partial charge in [0.25, 0.3) is 11.8 Å². The first-order valence-electron chi connectivity index (χ1n) is 7.48. The second kappa shape index (κ2) is 6.94. The minimum atomic E-state index is -0.344. The van der Waals surface area contributed by atoms with Gasteiger partial charge < -0.3 is 10.0 Å². The molecule has 6 nitrogen and oxygen atoms in total. The third kappa shape index (κ3) is 2.95. The van der Waals surface area contributed by atoms with Crippen LogP contribution in [-0.4, -0.2) is 51.9 Å². The van der Waals surface area contributed by atoms with Crippen LogP contribution in [0.2, 0.25) is 0 Å². The van der Waals surface area contributed by atoms with Gasteiger partial charge in [-0.2, -0.15) is 0 Å². The molecule has 0 radical (unpaired) electrons. The highest BCUT2D eigenvalue weighted by Gasteiger charge is 2.41. The van der Waals surface area contributed by atoms with Crippen molar-refractivity contribution in [1.29, 1.82) is 0 Å². The van der Waals surface area contributed by atoms with Crippen molar-refractivity contribution < 1.29 is 14.7 Å². The van der Waals surface area contributed by atoms with Crippen molar-refractivity contribution >= 4 is 28.7 Å². The summed E-state index contributed by atoms with van der Waals surface area (Å²) in [5, 5.41) is 11.1. The molecule has 0 spiro atoms. The van der Waals surface area contributed by atoms with Crippen molar-refractivity contribution in [2.24, 2.45) is 0 Å². The van der Waals surface area contributed by atoms with Crippen LogP contribution in [0, 0.1) is 0 Å². The fourth-order valence-corrected chi connectivity index (χ4v) is 3.40. The number of nitrogens with zero attached hydrogens (tertiary/aromatic N) is 3. The van der Waals surface area contributed by atoms with E-state index in [4.69, 9.17) is 0 Å². The summed E-state index contributed by atoms with van der Waals surface area (Å²) in [6.07, 6.45) is 3.29. The summed E-state index contributed by atoms with van der Waals surface area (Å²) in [4.78, 5) is 33.4. The van der Waals surface area contributed by atoms with Crippen molar-refractivity contribution in [3.63, 3.8) is 0 Å². The molecule has 0 aromatic carbocycles. The summed E-state index contributed by atoms with van der Waals surface area (Å²) >= 11 is 1.41. The Bertz CT molecular complexity index is 772. The molecule has 0 saturated heterocycles. The van der Waals surface area contributed by atoms with Crippen LogP contribution in [0.25, 0.3) is 5.57 Å². The van der Waals surface area contributed by atoms with Crippen LogP contribution in [0.3, 0.4) is 0 Å². The number of thiophene rings is 1. The van der Waals surface area contributed by atoms with E-state index in [1.165, 1.54) is 16.2 Å². The average molecular weight is 343 g/mol. The van der Waals surface area contributed by atoms with Crippen molar-refractivity contribution in [2.75, 3.05) is 20.2 Å². The molecule has 1 aliphatic rings. The number of aromatic nitrogens is 1.